The number of aryl methyl sites for hydroxylation is 1. The van der Waals surface area contributed by atoms with Crippen molar-refractivity contribution in [1.29, 1.82) is 0 Å². The van der Waals surface area contributed by atoms with Gasteiger partial charge in [-0.05, 0) is 66.3 Å². The van der Waals surface area contributed by atoms with Crippen molar-refractivity contribution in [3.63, 3.8) is 0 Å². The second-order valence-corrected chi connectivity index (χ2v) is 5.40. The molecule has 18 heavy (non-hydrogen) atoms. The molecule has 0 aliphatic rings. The molecule has 0 aliphatic carbocycles. The Morgan fingerprint density at radius 1 is 1.11 bits per heavy atom. The Hall–Kier alpha value is -1.23. The average Bonchev–Trinajstić information content (AvgIpc) is 2.34. The molecule has 0 amide bonds. The second-order valence-electron chi connectivity index (χ2n) is 4.24. The molecule has 2 aromatic carbocycles. The van der Waals surface area contributed by atoms with E-state index in [-0.39, 0.29) is 0 Å². The van der Waals surface area contributed by atoms with Crippen LogP contribution in [0.3, 0.4) is 0 Å². The van der Waals surface area contributed by atoms with Gasteiger partial charge in [-0.1, -0.05) is 18.2 Å². The van der Waals surface area contributed by atoms with Crippen molar-refractivity contribution in [1.82, 2.24) is 0 Å². The third-order valence-corrected chi connectivity index (χ3v) is 3.85. The van der Waals surface area contributed by atoms with Gasteiger partial charge in [0.25, 0.3) is 0 Å². The quantitative estimate of drug-likeness (QED) is 0.658. The fourth-order valence-electron chi connectivity index (χ4n) is 2.08. The van der Waals surface area contributed by atoms with Crippen molar-refractivity contribution in [2.75, 3.05) is 17.2 Å². The fraction of sp³-hybridized carbons (Fsp3) is 0.200. The molecule has 0 heterocycles. The summed E-state index contributed by atoms with van der Waals surface area (Å²) in [7, 11) is 0. The van der Waals surface area contributed by atoms with Crippen LogP contribution in [-0.4, -0.2) is 6.54 Å². The van der Waals surface area contributed by atoms with E-state index in [4.69, 9.17) is 5.73 Å². The van der Waals surface area contributed by atoms with E-state index in [1.54, 1.807) is 0 Å². The third-order valence-electron chi connectivity index (χ3n) is 2.99. The molecule has 2 N–H and O–H groups in total. The van der Waals surface area contributed by atoms with Crippen LogP contribution >= 0.6 is 22.6 Å². The molecule has 0 unspecified atom stereocenters. The summed E-state index contributed by atoms with van der Waals surface area (Å²) in [5.41, 5.74) is 10.4. The largest absolute Gasteiger partial charge is 0.399 e. The van der Waals surface area contributed by atoms with Gasteiger partial charge in [0.1, 0.15) is 0 Å². The summed E-state index contributed by atoms with van der Waals surface area (Å²) in [6.45, 7) is 5.24. The summed E-state index contributed by atoms with van der Waals surface area (Å²) in [5, 5.41) is 0. The van der Waals surface area contributed by atoms with E-state index in [0.717, 1.165) is 12.2 Å². The highest BCUT2D eigenvalue weighted by atomic mass is 127. The van der Waals surface area contributed by atoms with Crippen LogP contribution in [0.2, 0.25) is 0 Å². The lowest BCUT2D eigenvalue weighted by molar-refractivity contribution is 1.01. The van der Waals surface area contributed by atoms with Crippen LogP contribution in [0.4, 0.5) is 17.1 Å². The van der Waals surface area contributed by atoms with E-state index in [0.29, 0.717) is 0 Å². The van der Waals surface area contributed by atoms with Crippen molar-refractivity contribution < 1.29 is 0 Å². The number of hydrogen-bond acceptors (Lipinski definition) is 2. The zero-order chi connectivity index (χ0) is 13.1. The average molecular weight is 352 g/mol. The molecule has 0 fully saturated rings. The zero-order valence-electron chi connectivity index (χ0n) is 10.7. The Morgan fingerprint density at radius 3 is 2.44 bits per heavy atom. The second kappa shape index (κ2) is 5.61. The first kappa shape index (κ1) is 13.2. The van der Waals surface area contributed by atoms with Gasteiger partial charge in [0, 0.05) is 21.5 Å². The summed E-state index contributed by atoms with van der Waals surface area (Å²) in [5.74, 6) is 0. The monoisotopic (exact) mass is 352 g/mol. The van der Waals surface area contributed by atoms with Crippen molar-refractivity contribution in [2.45, 2.75) is 13.8 Å². The molecule has 0 aliphatic heterocycles. The summed E-state index contributed by atoms with van der Waals surface area (Å²) < 4.78 is 1.18. The molecular formula is C15H17IN2. The Balaban J connectivity index is 2.49. The standard InChI is InChI=1S/C15H17IN2/c1-3-18(14-7-5-4-6-11(14)2)15-9-8-12(17)10-13(15)16/h4-10H,3,17H2,1-2H3. The predicted molar refractivity (Wildman–Crippen MR) is 87.4 cm³/mol. The predicted octanol–water partition coefficient (Wildman–Crippen LogP) is 4.34. The van der Waals surface area contributed by atoms with E-state index < -0.39 is 0 Å². The van der Waals surface area contributed by atoms with E-state index in [9.17, 15) is 0 Å². The van der Waals surface area contributed by atoms with Gasteiger partial charge in [0.2, 0.25) is 0 Å². The number of benzene rings is 2. The number of para-hydroxylation sites is 1. The maximum Gasteiger partial charge on any atom is 0.0547 e. The lowest BCUT2D eigenvalue weighted by Gasteiger charge is -2.26. The molecule has 0 aromatic heterocycles. The molecule has 0 saturated heterocycles. The van der Waals surface area contributed by atoms with Crippen LogP contribution in [0.15, 0.2) is 42.5 Å². The number of anilines is 3. The number of nitrogens with zero attached hydrogens (tertiary/aromatic N) is 1. The molecule has 2 nitrogen and oxygen atoms in total. The first-order valence-corrected chi connectivity index (χ1v) is 7.09. The maximum atomic E-state index is 5.81. The lowest BCUT2D eigenvalue weighted by Crippen LogP contribution is -2.18. The smallest absolute Gasteiger partial charge is 0.0547 e. The van der Waals surface area contributed by atoms with Crippen LogP contribution in [0, 0.1) is 10.5 Å². The van der Waals surface area contributed by atoms with E-state index in [2.05, 4.69) is 71.7 Å². The number of nitrogen functional groups attached to an aromatic ring is 1. The number of hydrogen-bond donors (Lipinski definition) is 1. The van der Waals surface area contributed by atoms with Crippen LogP contribution in [0.25, 0.3) is 0 Å². The van der Waals surface area contributed by atoms with Crippen molar-refractivity contribution in [3.8, 4) is 0 Å². The van der Waals surface area contributed by atoms with Gasteiger partial charge in [-0.25, -0.2) is 0 Å². The van der Waals surface area contributed by atoms with Crippen molar-refractivity contribution in [2.24, 2.45) is 0 Å². The number of rotatable bonds is 3. The summed E-state index contributed by atoms with van der Waals surface area (Å²) in [6.07, 6.45) is 0. The first-order valence-electron chi connectivity index (χ1n) is 6.01. The van der Waals surface area contributed by atoms with Gasteiger partial charge in [-0.15, -0.1) is 0 Å². The molecule has 94 valence electrons. The van der Waals surface area contributed by atoms with E-state index >= 15 is 0 Å². The topological polar surface area (TPSA) is 29.3 Å². The van der Waals surface area contributed by atoms with Crippen LogP contribution in [-0.2, 0) is 0 Å². The molecule has 0 atom stereocenters. The normalized spacial score (nSPS) is 10.4. The summed E-state index contributed by atoms with van der Waals surface area (Å²) >= 11 is 2.34. The van der Waals surface area contributed by atoms with Gasteiger partial charge in [0.15, 0.2) is 0 Å². The summed E-state index contributed by atoms with van der Waals surface area (Å²) in [4.78, 5) is 2.32. The molecule has 0 spiro atoms. The molecule has 0 bridgehead atoms. The Labute approximate surface area is 122 Å². The van der Waals surface area contributed by atoms with E-state index in [1.165, 1.54) is 20.5 Å². The van der Waals surface area contributed by atoms with Crippen molar-refractivity contribution in [3.05, 3.63) is 51.6 Å². The highest BCUT2D eigenvalue weighted by Gasteiger charge is 2.12. The lowest BCUT2D eigenvalue weighted by atomic mass is 10.1. The molecule has 0 saturated carbocycles. The molecule has 2 aromatic rings. The highest BCUT2D eigenvalue weighted by molar-refractivity contribution is 14.1. The van der Waals surface area contributed by atoms with Crippen LogP contribution in [0.1, 0.15) is 12.5 Å². The Morgan fingerprint density at radius 2 is 1.83 bits per heavy atom. The molecule has 3 heteroatoms. The summed E-state index contributed by atoms with van der Waals surface area (Å²) in [6, 6.07) is 14.5. The molecular weight excluding hydrogens is 335 g/mol. The molecule has 2 rings (SSSR count). The van der Waals surface area contributed by atoms with Gasteiger partial charge in [-0.2, -0.15) is 0 Å². The van der Waals surface area contributed by atoms with Gasteiger partial charge in [-0.3, -0.25) is 0 Å². The van der Waals surface area contributed by atoms with Crippen molar-refractivity contribution >= 4 is 39.7 Å². The minimum absolute atomic E-state index is 0.809. The van der Waals surface area contributed by atoms with Gasteiger partial charge in [0.05, 0.1) is 5.69 Å². The van der Waals surface area contributed by atoms with Gasteiger partial charge < -0.3 is 10.6 Å². The van der Waals surface area contributed by atoms with Crippen LogP contribution < -0.4 is 10.6 Å². The Kier molecular flexibility index (Phi) is 4.11. The SMILES string of the molecule is CCN(c1ccccc1C)c1ccc(N)cc1I. The van der Waals surface area contributed by atoms with E-state index in [1.807, 2.05) is 12.1 Å². The highest BCUT2D eigenvalue weighted by Crippen LogP contribution is 2.32. The van der Waals surface area contributed by atoms with Gasteiger partial charge >= 0.3 is 0 Å². The number of nitrogens with two attached hydrogens (primary N) is 1. The zero-order valence-corrected chi connectivity index (χ0v) is 12.8. The first-order chi connectivity index (χ1) is 8.63. The minimum atomic E-state index is 0.809. The number of halogens is 1. The molecule has 0 radical (unpaired) electrons. The third kappa shape index (κ3) is 2.61. The maximum absolute atomic E-state index is 5.81. The van der Waals surface area contributed by atoms with Crippen LogP contribution in [0.5, 0.6) is 0 Å². The fourth-order valence-corrected chi connectivity index (χ4v) is 2.91. The minimum Gasteiger partial charge on any atom is -0.399 e. The Bertz CT molecular complexity index is 552.